The van der Waals surface area contributed by atoms with Gasteiger partial charge in [0.25, 0.3) is 5.69 Å². The lowest BCUT2D eigenvalue weighted by Gasteiger charge is -2.18. The van der Waals surface area contributed by atoms with Gasteiger partial charge in [0.15, 0.2) is 0 Å². The Labute approximate surface area is 195 Å². The lowest BCUT2D eigenvalue weighted by molar-refractivity contribution is -0.384. The highest BCUT2D eigenvalue weighted by Crippen LogP contribution is 2.35. The minimum Gasteiger partial charge on any atom is -0.491 e. The predicted octanol–water partition coefficient (Wildman–Crippen LogP) is 4.31. The molecule has 0 atom stereocenters. The molecule has 0 spiro atoms. The molecule has 0 unspecified atom stereocenters. The van der Waals surface area contributed by atoms with E-state index in [0.29, 0.717) is 26.7 Å². The van der Waals surface area contributed by atoms with Gasteiger partial charge in [-0.2, -0.15) is 0 Å². The highest BCUT2D eigenvalue weighted by molar-refractivity contribution is 9.11. The van der Waals surface area contributed by atoms with E-state index >= 15 is 0 Å². The van der Waals surface area contributed by atoms with Crippen LogP contribution in [-0.4, -0.2) is 48.9 Å². The number of benzene rings is 2. The van der Waals surface area contributed by atoms with Gasteiger partial charge in [0.1, 0.15) is 5.75 Å². The van der Waals surface area contributed by atoms with Gasteiger partial charge >= 0.3 is 5.97 Å². The summed E-state index contributed by atoms with van der Waals surface area (Å²) >= 11 is 6.75. The minimum absolute atomic E-state index is 0.0305. The van der Waals surface area contributed by atoms with Crippen LogP contribution in [0.2, 0.25) is 0 Å². The summed E-state index contributed by atoms with van der Waals surface area (Å²) in [4.78, 5) is 20.7. The van der Waals surface area contributed by atoms with Crippen molar-refractivity contribution in [2.24, 2.45) is 0 Å². The van der Waals surface area contributed by atoms with Crippen LogP contribution in [0.3, 0.4) is 0 Å². The standard InChI is InChI=1S/C19H18Br2N2O7S/c1-22(31(28,29)15-6-4-14(5-7-15)23(26)27)9-2-10-30-19-16(20)11-13(12-17(19)21)3-8-18(24)25/h3-8,11-12H,2,9-10H2,1H3,(H,24,25)/b8-3+. The van der Waals surface area contributed by atoms with Gasteiger partial charge < -0.3 is 9.84 Å². The monoisotopic (exact) mass is 576 g/mol. The van der Waals surface area contributed by atoms with Crippen LogP contribution in [0.15, 0.2) is 56.3 Å². The number of rotatable bonds is 10. The van der Waals surface area contributed by atoms with Gasteiger partial charge in [-0.25, -0.2) is 17.5 Å². The highest BCUT2D eigenvalue weighted by Gasteiger charge is 2.21. The van der Waals surface area contributed by atoms with Crippen molar-refractivity contribution in [2.75, 3.05) is 20.2 Å². The normalized spacial score (nSPS) is 11.7. The minimum atomic E-state index is -3.78. The predicted molar refractivity (Wildman–Crippen MR) is 122 cm³/mol. The molecule has 0 saturated carbocycles. The number of carboxylic acid groups (broad SMARTS) is 1. The molecule has 2 aromatic carbocycles. The van der Waals surface area contributed by atoms with Gasteiger partial charge in [-0.15, -0.1) is 0 Å². The first-order valence-electron chi connectivity index (χ1n) is 8.76. The van der Waals surface area contributed by atoms with Crippen LogP contribution >= 0.6 is 31.9 Å². The van der Waals surface area contributed by atoms with Gasteiger partial charge in [-0.3, -0.25) is 10.1 Å². The average molecular weight is 578 g/mol. The molecule has 0 saturated heterocycles. The van der Waals surface area contributed by atoms with Crippen molar-refractivity contribution in [1.82, 2.24) is 4.31 Å². The fourth-order valence-electron chi connectivity index (χ4n) is 2.48. The van der Waals surface area contributed by atoms with Crippen LogP contribution < -0.4 is 4.74 Å². The molecule has 0 aliphatic rings. The highest BCUT2D eigenvalue weighted by atomic mass is 79.9. The van der Waals surface area contributed by atoms with Gasteiger partial charge in [0.05, 0.1) is 25.4 Å². The third kappa shape index (κ3) is 6.86. The number of carbonyl (C=O) groups is 1. The summed E-state index contributed by atoms with van der Waals surface area (Å²) in [5.74, 6) is -0.547. The Morgan fingerprint density at radius 1 is 1.23 bits per heavy atom. The van der Waals surface area contributed by atoms with Gasteiger partial charge in [-0.05, 0) is 74.2 Å². The molecule has 9 nitrogen and oxygen atoms in total. The molecule has 1 N–H and O–H groups in total. The number of hydrogen-bond acceptors (Lipinski definition) is 6. The van der Waals surface area contributed by atoms with Crippen LogP contribution in [0, 0.1) is 10.1 Å². The smallest absolute Gasteiger partial charge is 0.328 e. The fraction of sp³-hybridized carbons (Fsp3) is 0.211. The Hall–Kier alpha value is -2.28. The third-order valence-corrected chi connectivity index (χ3v) is 7.11. The first-order valence-corrected chi connectivity index (χ1v) is 11.8. The average Bonchev–Trinajstić information content (AvgIpc) is 2.70. The SMILES string of the molecule is CN(CCCOc1c(Br)cc(/C=C/C(=O)O)cc1Br)S(=O)(=O)c1ccc([N+](=O)[O-])cc1. The maximum Gasteiger partial charge on any atom is 0.328 e. The molecule has 2 rings (SSSR count). The quantitative estimate of drug-likeness (QED) is 0.193. The van der Waals surface area contributed by atoms with Crippen LogP contribution in [-0.2, 0) is 14.8 Å². The number of ether oxygens (including phenoxy) is 1. The summed E-state index contributed by atoms with van der Waals surface area (Å²) in [6, 6.07) is 8.10. The molecule has 2 aromatic rings. The lowest BCUT2D eigenvalue weighted by Crippen LogP contribution is -2.28. The molecule has 0 aliphatic carbocycles. The Morgan fingerprint density at radius 2 is 1.81 bits per heavy atom. The fourth-order valence-corrected chi connectivity index (χ4v) is 5.14. The van der Waals surface area contributed by atoms with Crippen molar-refractivity contribution in [1.29, 1.82) is 0 Å². The number of nitrogens with zero attached hydrogens (tertiary/aromatic N) is 2. The van der Waals surface area contributed by atoms with Gasteiger partial charge in [0.2, 0.25) is 10.0 Å². The van der Waals surface area contributed by atoms with E-state index < -0.39 is 20.9 Å². The molecular weight excluding hydrogens is 560 g/mol. The van der Waals surface area contributed by atoms with Crippen molar-refractivity contribution in [2.45, 2.75) is 11.3 Å². The number of halogens is 2. The largest absolute Gasteiger partial charge is 0.491 e. The van der Waals surface area contributed by atoms with E-state index in [1.807, 2.05) is 0 Å². The number of nitro groups is 1. The molecule has 12 heteroatoms. The maximum absolute atomic E-state index is 12.6. The van der Waals surface area contributed by atoms with Crippen LogP contribution in [0.5, 0.6) is 5.75 Å². The molecule has 31 heavy (non-hydrogen) atoms. The zero-order valence-corrected chi connectivity index (χ0v) is 20.2. The number of hydrogen-bond donors (Lipinski definition) is 1. The number of carboxylic acids is 1. The molecule has 0 fully saturated rings. The molecule has 0 amide bonds. The van der Waals surface area contributed by atoms with Crippen molar-refractivity contribution in [3.05, 3.63) is 67.1 Å². The Bertz CT molecular complexity index is 1080. The summed E-state index contributed by atoms with van der Waals surface area (Å²) in [5.41, 5.74) is 0.470. The second kappa shape index (κ2) is 10.8. The van der Waals surface area contributed by atoms with Crippen LogP contribution in [0.4, 0.5) is 5.69 Å². The summed E-state index contributed by atoms with van der Waals surface area (Å²) in [6.45, 7) is 0.398. The maximum atomic E-state index is 12.6. The molecule has 0 radical (unpaired) electrons. The summed E-state index contributed by atoms with van der Waals surface area (Å²) in [5, 5.41) is 19.4. The zero-order chi connectivity index (χ0) is 23.2. The first-order chi connectivity index (χ1) is 14.5. The van der Waals surface area contributed by atoms with Crippen LogP contribution in [0.25, 0.3) is 6.08 Å². The molecule has 0 heterocycles. The Morgan fingerprint density at radius 3 is 2.32 bits per heavy atom. The van der Waals surface area contributed by atoms with Crippen molar-refractivity contribution < 1.29 is 28.0 Å². The Balaban J connectivity index is 1.96. The molecular formula is C19H18Br2N2O7S. The van der Waals surface area contributed by atoms with E-state index in [9.17, 15) is 23.3 Å². The van der Waals surface area contributed by atoms with E-state index in [2.05, 4.69) is 31.9 Å². The van der Waals surface area contributed by atoms with E-state index in [-0.39, 0.29) is 23.7 Å². The van der Waals surface area contributed by atoms with Crippen molar-refractivity contribution >= 4 is 59.6 Å². The molecule has 0 aromatic heterocycles. The molecule has 0 aliphatic heterocycles. The summed E-state index contributed by atoms with van der Waals surface area (Å²) < 4.78 is 33.3. The molecule has 0 bridgehead atoms. The lowest BCUT2D eigenvalue weighted by atomic mass is 10.2. The first kappa shape index (κ1) is 25.0. The van der Waals surface area contributed by atoms with E-state index in [1.54, 1.807) is 12.1 Å². The number of sulfonamides is 1. The molecule has 166 valence electrons. The summed E-state index contributed by atoms with van der Waals surface area (Å²) in [6.07, 6.45) is 2.86. The zero-order valence-electron chi connectivity index (χ0n) is 16.2. The third-order valence-electron chi connectivity index (χ3n) is 4.06. The van der Waals surface area contributed by atoms with Gasteiger partial charge in [-0.1, -0.05) is 0 Å². The van der Waals surface area contributed by atoms with E-state index in [0.717, 1.165) is 22.5 Å². The Kier molecular flexibility index (Phi) is 8.74. The second-order valence-corrected chi connectivity index (χ2v) is 10.0. The summed E-state index contributed by atoms with van der Waals surface area (Å²) in [7, 11) is -2.36. The van der Waals surface area contributed by atoms with E-state index in [4.69, 9.17) is 9.84 Å². The van der Waals surface area contributed by atoms with Gasteiger partial charge in [0, 0.05) is 31.8 Å². The van der Waals surface area contributed by atoms with Crippen molar-refractivity contribution in [3.63, 3.8) is 0 Å². The topological polar surface area (TPSA) is 127 Å². The van der Waals surface area contributed by atoms with Crippen molar-refractivity contribution in [3.8, 4) is 5.75 Å². The number of aliphatic carboxylic acids is 1. The van der Waals surface area contributed by atoms with Crippen LogP contribution in [0.1, 0.15) is 12.0 Å². The second-order valence-electron chi connectivity index (χ2n) is 6.26. The number of nitro benzene ring substituents is 1. The number of non-ortho nitro benzene ring substituents is 1. The van der Waals surface area contributed by atoms with E-state index in [1.165, 1.54) is 25.3 Å².